The van der Waals surface area contributed by atoms with Crippen molar-refractivity contribution in [3.8, 4) is 0 Å². The van der Waals surface area contributed by atoms with Crippen molar-refractivity contribution in [2.75, 3.05) is 30.8 Å². The van der Waals surface area contributed by atoms with E-state index in [4.69, 9.17) is 0 Å². The number of hydrogen-bond acceptors (Lipinski definition) is 4. The molecule has 0 saturated heterocycles. The van der Waals surface area contributed by atoms with Crippen LogP contribution in [-0.2, 0) is 10.2 Å². The molecule has 156 valence electrons. The van der Waals surface area contributed by atoms with Gasteiger partial charge < -0.3 is 10.6 Å². The van der Waals surface area contributed by atoms with Gasteiger partial charge in [0.25, 0.3) is 11.8 Å². The zero-order chi connectivity index (χ0) is 21.8. The molecule has 0 unspecified atom stereocenters. The summed E-state index contributed by atoms with van der Waals surface area (Å²) in [4.78, 5) is 24.9. The molecule has 0 heterocycles. The number of anilines is 2. The molecule has 0 aromatic heterocycles. The lowest BCUT2D eigenvalue weighted by atomic mass is 10.1. The van der Waals surface area contributed by atoms with Crippen LogP contribution in [0.3, 0.4) is 0 Å². The first-order chi connectivity index (χ1) is 13.5. The maximum absolute atomic E-state index is 12.6. The number of carbonyl (C=O) groups excluding carboxylic acids is 2. The van der Waals surface area contributed by atoms with E-state index in [1.165, 1.54) is 33.3 Å². The fraction of sp³-hybridized carbons (Fsp3) is 0.300. The van der Waals surface area contributed by atoms with Crippen molar-refractivity contribution in [2.45, 2.75) is 19.9 Å². The molecule has 0 radical (unpaired) electrons. The van der Waals surface area contributed by atoms with E-state index in [0.29, 0.717) is 22.5 Å². The molecule has 0 bridgehead atoms. The summed E-state index contributed by atoms with van der Waals surface area (Å²) in [5.74, 6) is -0.679. The van der Waals surface area contributed by atoms with Gasteiger partial charge in [-0.25, -0.2) is 0 Å². The van der Waals surface area contributed by atoms with Gasteiger partial charge in [-0.1, -0.05) is 12.1 Å². The summed E-state index contributed by atoms with van der Waals surface area (Å²) in [5, 5.41) is 5.54. The van der Waals surface area contributed by atoms with Crippen molar-refractivity contribution >= 4 is 33.4 Å². The molecule has 0 fully saturated rings. The molecular weight excluding hydrogens is 392 g/mol. The number of nitrogens with zero attached hydrogens (tertiary/aromatic N) is 2. The maximum Gasteiger partial charge on any atom is 0.303 e. The van der Waals surface area contributed by atoms with E-state index in [9.17, 15) is 18.0 Å². The summed E-state index contributed by atoms with van der Waals surface area (Å²) in [5.41, 5.74) is 1.52. The van der Waals surface area contributed by atoms with Gasteiger partial charge in [-0.15, -0.1) is 0 Å². The Hall–Kier alpha value is -2.91. The Kier molecular flexibility index (Phi) is 6.99. The van der Waals surface area contributed by atoms with Crippen LogP contribution in [0.5, 0.6) is 0 Å². The number of para-hydroxylation sites is 1. The Labute approximate surface area is 171 Å². The molecule has 8 nitrogen and oxygen atoms in total. The van der Waals surface area contributed by atoms with Gasteiger partial charge in [0.15, 0.2) is 0 Å². The maximum atomic E-state index is 12.6. The van der Waals surface area contributed by atoms with Crippen molar-refractivity contribution in [1.82, 2.24) is 9.62 Å². The highest BCUT2D eigenvalue weighted by atomic mass is 32.2. The summed E-state index contributed by atoms with van der Waals surface area (Å²) in [7, 11) is 0.713. The van der Waals surface area contributed by atoms with E-state index < -0.39 is 16.1 Å². The molecule has 2 aromatic rings. The average molecular weight is 419 g/mol. The Balaban J connectivity index is 2.20. The Morgan fingerprint density at radius 1 is 0.897 bits per heavy atom. The van der Waals surface area contributed by atoms with Crippen molar-refractivity contribution < 1.29 is 18.0 Å². The fourth-order valence-corrected chi connectivity index (χ4v) is 3.40. The molecule has 0 saturated carbocycles. The first kappa shape index (κ1) is 22.4. The molecule has 0 aliphatic carbocycles. The number of amides is 2. The standard InChI is InChI=1S/C20H26N4O4S/c1-14(2)21-20(26)17-8-6-7-9-18(17)22-19(25)15-10-12-16(13-11-15)24(5)29(27,28)23(3)4/h6-14H,1-5H3,(H,21,26)(H,22,25). The largest absolute Gasteiger partial charge is 0.350 e. The van der Waals surface area contributed by atoms with Gasteiger partial charge in [0.2, 0.25) is 0 Å². The SMILES string of the molecule is CC(C)NC(=O)c1ccccc1NC(=O)c1ccc(N(C)S(=O)(=O)N(C)C)cc1. The highest BCUT2D eigenvalue weighted by Gasteiger charge is 2.21. The van der Waals surface area contributed by atoms with Crippen molar-refractivity contribution in [2.24, 2.45) is 0 Å². The minimum atomic E-state index is -3.62. The molecule has 29 heavy (non-hydrogen) atoms. The van der Waals surface area contributed by atoms with Crippen molar-refractivity contribution in [3.05, 3.63) is 59.7 Å². The third-order valence-corrected chi connectivity index (χ3v) is 5.97. The predicted octanol–water partition coefficient (Wildman–Crippen LogP) is 2.32. The fourth-order valence-electron chi connectivity index (χ4n) is 2.53. The van der Waals surface area contributed by atoms with Crippen LogP contribution in [0.1, 0.15) is 34.6 Å². The van der Waals surface area contributed by atoms with Crippen LogP contribution in [0.25, 0.3) is 0 Å². The van der Waals surface area contributed by atoms with Gasteiger partial charge in [0, 0.05) is 32.7 Å². The van der Waals surface area contributed by atoms with E-state index >= 15 is 0 Å². The number of carbonyl (C=O) groups is 2. The predicted molar refractivity (Wildman–Crippen MR) is 114 cm³/mol. The van der Waals surface area contributed by atoms with E-state index in [1.54, 1.807) is 36.4 Å². The zero-order valence-corrected chi connectivity index (χ0v) is 17.9. The number of rotatable bonds is 7. The average Bonchev–Trinajstić information content (AvgIpc) is 2.67. The number of hydrogen-bond donors (Lipinski definition) is 2. The highest BCUT2D eigenvalue weighted by molar-refractivity contribution is 7.90. The molecular formula is C20H26N4O4S. The van der Waals surface area contributed by atoms with Crippen molar-refractivity contribution in [1.29, 1.82) is 0 Å². The minimum absolute atomic E-state index is 0.0331. The topological polar surface area (TPSA) is 98.8 Å². The first-order valence-corrected chi connectivity index (χ1v) is 10.4. The van der Waals surface area contributed by atoms with Gasteiger partial charge >= 0.3 is 10.2 Å². The quantitative estimate of drug-likeness (QED) is 0.721. The van der Waals surface area contributed by atoms with Crippen LogP contribution >= 0.6 is 0 Å². The number of nitrogens with one attached hydrogen (secondary N) is 2. The summed E-state index contributed by atoms with van der Waals surface area (Å²) >= 11 is 0. The summed E-state index contributed by atoms with van der Waals surface area (Å²) < 4.78 is 26.6. The van der Waals surface area contributed by atoms with Gasteiger partial charge in [-0.2, -0.15) is 12.7 Å². The second-order valence-corrected chi connectivity index (χ2v) is 9.11. The molecule has 2 rings (SSSR count). The summed E-state index contributed by atoms with van der Waals surface area (Å²) in [6, 6.07) is 12.9. The summed E-state index contributed by atoms with van der Waals surface area (Å²) in [6.45, 7) is 3.71. The monoisotopic (exact) mass is 418 g/mol. The van der Waals surface area contributed by atoms with Gasteiger partial charge in [-0.3, -0.25) is 13.9 Å². The van der Waals surface area contributed by atoms with Crippen LogP contribution in [0, 0.1) is 0 Å². The molecule has 0 aliphatic heterocycles. The zero-order valence-electron chi connectivity index (χ0n) is 17.1. The van der Waals surface area contributed by atoms with Crippen molar-refractivity contribution in [3.63, 3.8) is 0 Å². The van der Waals surface area contributed by atoms with Crippen LogP contribution in [0.2, 0.25) is 0 Å². The second kappa shape index (κ2) is 9.06. The van der Waals surface area contributed by atoms with Crippen LogP contribution in [0.4, 0.5) is 11.4 Å². The third-order valence-electron chi connectivity index (χ3n) is 4.14. The Morgan fingerprint density at radius 3 is 2.03 bits per heavy atom. The molecule has 2 aromatic carbocycles. The lowest BCUT2D eigenvalue weighted by molar-refractivity contribution is 0.0944. The van der Waals surface area contributed by atoms with Crippen LogP contribution in [-0.4, -0.2) is 51.7 Å². The molecule has 9 heteroatoms. The molecule has 0 atom stereocenters. The van der Waals surface area contributed by atoms with E-state index in [-0.39, 0.29) is 11.9 Å². The third kappa shape index (κ3) is 5.33. The molecule has 2 amide bonds. The normalized spacial score (nSPS) is 11.4. The van der Waals surface area contributed by atoms with E-state index in [1.807, 2.05) is 13.8 Å². The Bertz CT molecular complexity index is 986. The van der Waals surface area contributed by atoms with Gasteiger partial charge in [-0.05, 0) is 50.2 Å². The smallest absolute Gasteiger partial charge is 0.303 e. The second-order valence-electron chi connectivity index (χ2n) is 6.93. The van der Waals surface area contributed by atoms with Crippen LogP contribution < -0.4 is 14.9 Å². The first-order valence-electron chi connectivity index (χ1n) is 9.01. The van der Waals surface area contributed by atoms with Crippen LogP contribution in [0.15, 0.2) is 48.5 Å². The summed E-state index contributed by atoms with van der Waals surface area (Å²) in [6.07, 6.45) is 0. The lowest BCUT2D eigenvalue weighted by Crippen LogP contribution is -2.37. The van der Waals surface area contributed by atoms with E-state index in [2.05, 4.69) is 10.6 Å². The molecule has 0 spiro atoms. The number of benzene rings is 2. The van der Waals surface area contributed by atoms with E-state index in [0.717, 1.165) is 8.61 Å². The Morgan fingerprint density at radius 2 is 1.48 bits per heavy atom. The molecule has 2 N–H and O–H groups in total. The lowest BCUT2D eigenvalue weighted by Gasteiger charge is -2.23. The molecule has 0 aliphatic rings. The van der Waals surface area contributed by atoms with Gasteiger partial charge in [0.1, 0.15) is 0 Å². The van der Waals surface area contributed by atoms with Gasteiger partial charge in [0.05, 0.1) is 16.9 Å². The highest BCUT2D eigenvalue weighted by Crippen LogP contribution is 2.20. The minimum Gasteiger partial charge on any atom is -0.350 e.